The molecule has 2 aromatic rings. The first-order valence-corrected chi connectivity index (χ1v) is 6.87. The number of anilines is 1. The Hall–Kier alpha value is -2.49. The van der Waals surface area contributed by atoms with Crippen molar-refractivity contribution >= 4 is 11.6 Å². The zero-order chi connectivity index (χ0) is 14.8. The molecule has 1 unspecified atom stereocenters. The summed E-state index contributed by atoms with van der Waals surface area (Å²) in [6.07, 6.45) is 0.100. The van der Waals surface area contributed by atoms with Crippen molar-refractivity contribution in [3.8, 4) is 11.5 Å². The lowest BCUT2D eigenvalue weighted by molar-refractivity contribution is -0.122. The molecule has 2 aromatic carbocycles. The number of para-hydroxylation sites is 1. The number of benzene rings is 2. The summed E-state index contributed by atoms with van der Waals surface area (Å²) in [5.74, 6) is 1.27. The minimum atomic E-state index is -0.493. The molecule has 0 spiro atoms. The van der Waals surface area contributed by atoms with Gasteiger partial charge in [0.15, 0.2) is 6.10 Å². The zero-order valence-electron chi connectivity index (χ0n) is 12.1. The minimum absolute atomic E-state index is 0.157. The van der Waals surface area contributed by atoms with Crippen LogP contribution in [0.1, 0.15) is 11.1 Å². The van der Waals surface area contributed by atoms with Crippen LogP contribution >= 0.6 is 0 Å². The third-order valence-electron chi connectivity index (χ3n) is 3.55. The summed E-state index contributed by atoms with van der Waals surface area (Å²) in [6, 6.07) is 13.4. The lowest BCUT2D eigenvalue weighted by atomic mass is 10.1. The van der Waals surface area contributed by atoms with Crippen LogP contribution in [0.5, 0.6) is 11.5 Å². The number of rotatable bonds is 3. The van der Waals surface area contributed by atoms with Crippen LogP contribution in [0.2, 0.25) is 0 Å². The van der Waals surface area contributed by atoms with Gasteiger partial charge in [-0.1, -0.05) is 24.3 Å². The Kier molecular flexibility index (Phi) is 3.52. The standard InChI is InChI=1S/C17H17NO3/c1-11-7-8-15(20-2)13(9-11)18-17(19)16-10-12-5-3-4-6-14(12)21-16/h3-9,16H,10H2,1-2H3,(H,18,19). The summed E-state index contributed by atoms with van der Waals surface area (Å²) >= 11 is 0. The van der Waals surface area contributed by atoms with Crippen LogP contribution in [0.15, 0.2) is 42.5 Å². The molecule has 1 heterocycles. The third kappa shape index (κ3) is 2.70. The van der Waals surface area contributed by atoms with Gasteiger partial charge in [0.1, 0.15) is 11.5 Å². The van der Waals surface area contributed by atoms with Gasteiger partial charge in [-0.3, -0.25) is 4.79 Å². The normalized spacial score (nSPS) is 16.0. The largest absolute Gasteiger partial charge is 0.495 e. The molecule has 1 amide bonds. The molecule has 108 valence electrons. The Morgan fingerprint density at radius 1 is 1.29 bits per heavy atom. The molecule has 4 heteroatoms. The van der Waals surface area contributed by atoms with Crippen molar-refractivity contribution < 1.29 is 14.3 Å². The molecule has 1 N–H and O–H groups in total. The first-order chi connectivity index (χ1) is 10.2. The van der Waals surface area contributed by atoms with Gasteiger partial charge in [0.05, 0.1) is 12.8 Å². The molecular formula is C17H17NO3. The van der Waals surface area contributed by atoms with Crippen LogP contribution in [0, 0.1) is 6.92 Å². The monoisotopic (exact) mass is 283 g/mol. The first-order valence-electron chi connectivity index (χ1n) is 6.87. The third-order valence-corrected chi connectivity index (χ3v) is 3.55. The number of amides is 1. The Labute approximate surface area is 123 Å². The van der Waals surface area contributed by atoms with Gasteiger partial charge < -0.3 is 14.8 Å². The summed E-state index contributed by atoms with van der Waals surface area (Å²) in [5.41, 5.74) is 2.79. The quantitative estimate of drug-likeness (QED) is 0.942. The van der Waals surface area contributed by atoms with Crippen LogP contribution in [0.25, 0.3) is 0 Å². The molecule has 3 rings (SSSR count). The number of hydrogen-bond acceptors (Lipinski definition) is 3. The van der Waals surface area contributed by atoms with Gasteiger partial charge in [-0.25, -0.2) is 0 Å². The number of hydrogen-bond donors (Lipinski definition) is 1. The van der Waals surface area contributed by atoms with Crippen molar-refractivity contribution in [2.45, 2.75) is 19.4 Å². The molecule has 0 fully saturated rings. The topological polar surface area (TPSA) is 47.6 Å². The van der Waals surface area contributed by atoms with E-state index in [4.69, 9.17) is 9.47 Å². The van der Waals surface area contributed by atoms with E-state index in [0.717, 1.165) is 16.9 Å². The van der Waals surface area contributed by atoms with E-state index in [0.29, 0.717) is 17.9 Å². The predicted molar refractivity (Wildman–Crippen MR) is 80.9 cm³/mol. The highest BCUT2D eigenvalue weighted by Crippen LogP contribution is 2.30. The average molecular weight is 283 g/mol. The van der Waals surface area contributed by atoms with Crippen molar-refractivity contribution in [1.29, 1.82) is 0 Å². The van der Waals surface area contributed by atoms with E-state index >= 15 is 0 Å². The number of carbonyl (C=O) groups excluding carboxylic acids is 1. The molecule has 1 aliphatic heterocycles. The van der Waals surface area contributed by atoms with Crippen molar-refractivity contribution in [1.82, 2.24) is 0 Å². The van der Waals surface area contributed by atoms with Crippen LogP contribution < -0.4 is 14.8 Å². The number of fused-ring (bicyclic) bond motifs is 1. The molecule has 0 bridgehead atoms. The van der Waals surface area contributed by atoms with E-state index in [9.17, 15) is 4.79 Å². The van der Waals surface area contributed by atoms with Gasteiger partial charge in [-0.2, -0.15) is 0 Å². The molecular weight excluding hydrogens is 266 g/mol. The maximum atomic E-state index is 12.4. The van der Waals surface area contributed by atoms with Gasteiger partial charge in [0, 0.05) is 6.42 Å². The summed E-state index contributed by atoms with van der Waals surface area (Å²) in [4.78, 5) is 12.4. The lowest BCUT2D eigenvalue weighted by Gasteiger charge is -2.14. The molecule has 1 aliphatic rings. The summed E-state index contributed by atoms with van der Waals surface area (Å²) in [7, 11) is 1.59. The van der Waals surface area contributed by atoms with E-state index in [2.05, 4.69) is 5.32 Å². The van der Waals surface area contributed by atoms with Gasteiger partial charge in [-0.15, -0.1) is 0 Å². The van der Waals surface area contributed by atoms with Gasteiger partial charge in [0.2, 0.25) is 0 Å². The van der Waals surface area contributed by atoms with Crippen molar-refractivity contribution in [2.75, 3.05) is 12.4 Å². The summed E-state index contributed by atoms with van der Waals surface area (Å²) in [5, 5.41) is 2.89. The number of carbonyl (C=O) groups is 1. The second-order valence-electron chi connectivity index (χ2n) is 5.11. The van der Waals surface area contributed by atoms with Gasteiger partial charge >= 0.3 is 0 Å². The summed E-state index contributed by atoms with van der Waals surface area (Å²) < 4.78 is 11.0. The molecule has 0 saturated heterocycles. The fourth-order valence-corrected chi connectivity index (χ4v) is 2.46. The maximum absolute atomic E-state index is 12.4. The average Bonchev–Trinajstić information content (AvgIpc) is 2.91. The van der Waals surface area contributed by atoms with Gasteiger partial charge in [-0.05, 0) is 36.2 Å². The van der Waals surface area contributed by atoms with Crippen molar-refractivity contribution in [2.24, 2.45) is 0 Å². The molecule has 4 nitrogen and oxygen atoms in total. The van der Waals surface area contributed by atoms with Crippen LogP contribution in [0.4, 0.5) is 5.69 Å². The highest BCUT2D eigenvalue weighted by molar-refractivity contribution is 5.96. The minimum Gasteiger partial charge on any atom is -0.495 e. The fourth-order valence-electron chi connectivity index (χ4n) is 2.46. The molecule has 1 atom stereocenters. The SMILES string of the molecule is COc1ccc(C)cc1NC(=O)C1Cc2ccccc2O1. The second-order valence-corrected chi connectivity index (χ2v) is 5.11. The summed E-state index contributed by atoms with van der Waals surface area (Å²) in [6.45, 7) is 1.97. The van der Waals surface area contributed by atoms with Crippen molar-refractivity contribution in [3.63, 3.8) is 0 Å². The Balaban J connectivity index is 1.75. The molecule has 0 aliphatic carbocycles. The number of ether oxygens (including phenoxy) is 2. The van der Waals surface area contributed by atoms with Crippen molar-refractivity contribution in [3.05, 3.63) is 53.6 Å². The van der Waals surface area contributed by atoms with E-state index < -0.39 is 6.10 Å². The molecule has 0 aromatic heterocycles. The molecule has 21 heavy (non-hydrogen) atoms. The Morgan fingerprint density at radius 2 is 2.10 bits per heavy atom. The highest BCUT2D eigenvalue weighted by atomic mass is 16.5. The highest BCUT2D eigenvalue weighted by Gasteiger charge is 2.29. The fraction of sp³-hybridized carbons (Fsp3) is 0.235. The smallest absolute Gasteiger partial charge is 0.265 e. The van der Waals surface area contributed by atoms with Crippen LogP contribution in [-0.2, 0) is 11.2 Å². The van der Waals surface area contributed by atoms with E-state index in [1.165, 1.54) is 0 Å². The number of methoxy groups -OCH3 is 1. The Morgan fingerprint density at radius 3 is 2.86 bits per heavy atom. The first kappa shape index (κ1) is 13.5. The number of aryl methyl sites for hydroxylation is 1. The lowest BCUT2D eigenvalue weighted by Crippen LogP contribution is -2.31. The number of nitrogens with one attached hydrogen (secondary N) is 1. The molecule has 0 radical (unpaired) electrons. The second kappa shape index (κ2) is 5.48. The molecule has 0 saturated carbocycles. The van der Waals surface area contributed by atoms with Crippen LogP contribution in [0.3, 0.4) is 0 Å². The Bertz CT molecular complexity index is 656. The zero-order valence-corrected chi connectivity index (χ0v) is 12.1. The van der Waals surface area contributed by atoms with E-state index in [-0.39, 0.29) is 5.91 Å². The van der Waals surface area contributed by atoms with Gasteiger partial charge in [0.25, 0.3) is 5.91 Å². The van der Waals surface area contributed by atoms with E-state index in [1.807, 2.05) is 49.4 Å². The van der Waals surface area contributed by atoms with E-state index in [1.54, 1.807) is 7.11 Å². The maximum Gasteiger partial charge on any atom is 0.265 e. The predicted octanol–water partition coefficient (Wildman–Crippen LogP) is 2.95. The van der Waals surface area contributed by atoms with Crippen LogP contribution in [-0.4, -0.2) is 19.1 Å².